The van der Waals surface area contributed by atoms with E-state index in [1.807, 2.05) is 13.8 Å². The summed E-state index contributed by atoms with van der Waals surface area (Å²) in [7, 11) is -1.97. The minimum Gasteiger partial charge on any atom is -0.311 e. The molecular weight excluding hydrogens is 1030 g/mol. The Balaban J connectivity index is 0.00000297. The Morgan fingerprint density at radius 2 is 0.738 bits per heavy atom. The van der Waals surface area contributed by atoms with Gasteiger partial charge in [-0.3, -0.25) is 0 Å². The lowest BCUT2D eigenvalue weighted by Crippen LogP contribution is -2.60. The van der Waals surface area contributed by atoms with Gasteiger partial charge in [0.15, 0.2) is 0 Å². The molecule has 14 aromatic rings. The van der Waals surface area contributed by atoms with Gasteiger partial charge in [0.2, 0.25) is 0 Å². The normalized spacial score (nSPS) is 12.3. The van der Waals surface area contributed by atoms with Crippen molar-refractivity contribution in [2.24, 2.45) is 0 Å². The first-order valence-corrected chi connectivity index (χ1v) is 31.0. The Bertz CT molecular complexity index is 4640. The predicted octanol–water partition coefficient (Wildman–Crippen LogP) is 20.1. The molecule has 2 aliphatic rings. The number of rotatable bonds is 10. The van der Waals surface area contributed by atoms with Crippen molar-refractivity contribution < 1.29 is 0 Å². The quantitative estimate of drug-likeness (QED) is 0.124. The average molecular weight is 1090 g/mol. The van der Waals surface area contributed by atoms with E-state index in [1.54, 1.807) is 0 Å². The maximum absolute atomic E-state index is 2.62. The summed E-state index contributed by atoms with van der Waals surface area (Å²) >= 11 is 0. The van der Waals surface area contributed by atoms with Crippen LogP contribution >= 0.6 is 10.0 Å². The Labute approximate surface area is 494 Å². The molecule has 2 nitrogen and oxygen atoms in total. The summed E-state index contributed by atoms with van der Waals surface area (Å²) in [4.78, 5) is 7.74. The van der Waals surface area contributed by atoms with Crippen molar-refractivity contribution in [1.82, 2.24) is 4.57 Å². The van der Waals surface area contributed by atoms with Gasteiger partial charge >= 0.3 is 0 Å². The number of para-hydroxylation sites is 2. The van der Waals surface area contributed by atoms with E-state index in [-0.39, 0.29) is 6.71 Å². The number of benzene rings is 13. The van der Waals surface area contributed by atoms with Gasteiger partial charge in [-0.1, -0.05) is 244 Å². The number of nitrogens with zero attached hydrogens (tertiary/aromatic N) is 2. The Kier molecular flexibility index (Phi) is 12.9. The van der Waals surface area contributed by atoms with E-state index in [0.29, 0.717) is 0 Å². The Hall–Kier alpha value is -10.1. The molecule has 1 aromatic heterocycles. The molecule has 0 amide bonds. The van der Waals surface area contributed by atoms with Crippen molar-refractivity contribution in [3.8, 4) is 61.3 Å². The van der Waals surface area contributed by atoms with E-state index in [0.717, 1.165) is 11.3 Å². The van der Waals surface area contributed by atoms with Crippen LogP contribution in [-0.4, -0.2) is 11.3 Å². The highest BCUT2D eigenvalue weighted by Crippen LogP contribution is 2.73. The van der Waals surface area contributed by atoms with E-state index in [4.69, 9.17) is 0 Å². The molecule has 0 aliphatic carbocycles. The first-order valence-electron chi connectivity index (χ1n) is 29.3. The fraction of sp³-hybridized carbons (Fsp3) is 0.0250. The topological polar surface area (TPSA) is 8.17 Å². The minimum atomic E-state index is -1.97. The van der Waals surface area contributed by atoms with E-state index < -0.39 is 10.0 Å². The molecule has 3 heterocycles. The molecule has 2 aliphatic heterocycles. The van der Waals surface area contributed by atoms with E-state index in [2.05, 4.69) is 331 Å². The third-order valence-electron chi connectivity index (χ3n) is 17.1. The molecule has 0 atom stereocenters. The number of hydrogen-bond donors (Lipinski definition) is 0. The molecular formula is C80H59BN2S. The highest BCUT2D eigenvalue weighted by atomic mass is 32.3. The lowest BCUT2D eigenvalue weighted by Gasteiger charge is -2.42. The van der Waals surface area contributed by atoms with Gasteiger partial charge in [0.05, 0.1) is 5.52 Å². The highest BCUT2D eigenvalue weighted by molar-refractivity contribution is 8.34. The second-order valence-electron chi connectivity index (χ2n) is 21.5. The van der Waals surface area contributed by atoms with Crippen LogP contribution in [0.1, 0.15) is 13.8 Å². The molecule has 0 saturated carbocycles. The molecule has 84 heavy (non-hydrogen) atoms. The van der Waals surface area contributed by atoms with Crippen LogP contribution in [-0.2, 0) is 0 Å². The minimum absolute atomic E-state index is 0.126. The molecule has 0 N–H and O–H groups in total. The summed E-state index contributed by atoms with van der Waals surface area (Å²) in [6.07, 6.45) is 0. The number of aromatic nitrogens is 1. The Morgan fingerprint density at radius 1 is 0.286 bits per heavy atom. The summed E-state index contributed by atoms with van der Waals surface area (Å²) in [5.41, 5.74) is 23.0. The van der Waals surface area contributed by atoms with E-state index in [9.17, 15) is 0 Å². The molecule has 0 unspecified atom stereocenters. The largest absolute Gasteiger partial charge is 0.311 e. The van der Waals surface area contributed by atoms with Crippen LogP contribution in [0, 0.1) is 0 Å². The highest BCUT2D eigenvalue weighted by Gasteiger charge is 2.43. The van der Waals surface area contributed by atoms with Crippen LogP contribution in [0.15, 0.2) is 341 Å². The van der Waals surface area contributed by atoms with Crippen molar-refractivity contribution in [3.63, 3.8) is 0 Å². The molecule has 4 heteroatoms. The van der Waals surface area contributed by atoms with Gasteiger partial charge in [-0.2, -0.15) is 0 Å². The maximum atomic E-state index is 2.62. The number of fused-ring (bicyclic) bond motifs is 7. The summed E-state index contributed by atoms with van der Waals surface area (Å²) in [6, 6.07) is 120. The van der Waals surface area contributed by atoms with E-state index in [1.165, 1.54) is 125 Å². The summed E-state index contributed by atoms with van der Waals surface area (Å²) in [6.45, 7) is 3.87. The van der Waals surface area contributed by atoms with Crippen LogP contribution in [0.2, 0.25) is 0 Å². The van der Waals surface area contributed by atoms with Gasteiger partial charge in [0, 0.05) is 58.6 Å². The molecule has 0 fully saturated rings. The van der Waals surface area contributed by atoms with Crippen LogP contribution in [0.4, 0.5) is 17.1 Å². The zero-order chi connectivity index (χ0) is 56.1. The van der Waals surface area contributed by atoms with Crippen LogP contribution < -0.4 is 21.3 Å². The fourth-order valence-corrected chi connectivity index (χ4v) is 17.5. The van der Waals surface area contributed by atoms with Gasteiger partial charge in [0.1, 0.15) is 0 Å². The zero-order valence-electron chi connectivity index (χ0n) is 47.0. The van der Waals surface area contributed by atoms with Crippen molar-refractivity contribution in [2.45, 2.75) is 33.4 Å². The van der Waals surface area contributed by atoms with Gasteiger partial charge in [-0.05, 0) is 163 Å². The van der Waals surface area contributed by atoms with E-state index >= 15 is 0 Å². The van der Waals surface area contributed by atoms with Gasteiger partial charge in [-0.25, -0.2) is 0 Å². The monoisotopic (exact) mass is 1090 g/mol. The van der Waals surface area contributed by atoms with Crippen molar-refractivity contribution >= 4 is 72.0 Å². The lowest BCUT2D eigenvalue weighted by molar-refractivity contribution is 1.18. The van der Waals surface area contributed by atoms with Crippen LogP contribution in [0.25, 0.3) is 83.1 Å². The zero-order valence-corrected chi connectivity index (χ0v) is 47.8. The van der Waals surface area contributed by atoms with Crippen LogP contribution in [0.5, 0.6) is 0 Å². The summed E-state index contributed by atoms with van der Waals surface area (Å²) in [5.74, 6) is 0. The Morgan fingerprint density at radius 3 is 1.32 bits per heavy atom. The number of anilines is 3. The molecule has 0 saturated heterocycles. The average Bonchev–Trinajstić information content (AvgIpc) is 1.37. The lowest BCUT2D eigenvalue weighted by atomic mass is 9.33. The standard InChI is InChI=1S/C78H53BN2S.C2H6/c1-7-26-54(27-8-1)65-40-19-21-42-67(65)57-46-47-74-71(50-57)79-72-51-59(68-43-22-20-41-66(68)55-28-9-2-10-29-55)49-70-69-44-23-24-45-73(69)81(78(70)72)76-53-58(52-75(77(76)79)80(74)60-31-11-3-12-32-60)56-30-25-39-64(48-56)82(61-33-13-4-14-34-61,62-35-15-5-16-36-62)63-37-17-6-18-38-63;1-2/h1-53H;1-2H3. The fourth-order valence-electron chi connectivity index (χ4n) is 13.6. The molecule has 0 spiro atoms. The van der Waals surface area contributed by atoms with Crippen molar-refractivity contribution in [1.29, 1.82) is 0 Å². The molecule has 398 valence electrons. The first kappa shape index (κ1) is 50.8. The van der Waals surface area contributed by atoms with Crippen molar-refractivity contribution in [3.05, 3.63) is 322 Å². The number of hydrogen-bond acceptors (Lipinski definition) is 1. The van der Waals surface area contributed by atoms with Gasteiger partial charge in [0.25, 0.3) is 6.71 Å². The van der Waals surface area contributed by atoms with Gasteiger partial charge in [-0.15, -0.1) is 10.0 Å². The molecule has 13 aromatic carbocycles. The third kappa shape index (κ3) is 8.20. The summed E-state index contributed by atoms with van der Waals surface area (Å²) in [5, 5.41) is 2.50. The third-order valence-corrected chi connectivity index (χ3v) is 21.0. The van der Waals surface area contributed by atoms with Gasteiger partial charge < -0.3 is 9.47 Å². The second-order valence-corrected chi connectivity index (χ2v) is 24.6. The molecule has 0 bridgehead atoms. The van der Waals surface area contributed by atoms with Crippen molar-refractivity contribution in [2.75, 3.05) is 4.90 Å². The molecule has 16 rings (SSSR count). The smallest absolute Gasteiger partial charge is 0.252 e. The molecule has 0 radical (unpaired) electrons. The second kappa shape index (κ2) is 21.3. The summed E-state index contributed by atoms with van der Waals surface area (Å²) < 4.78 is 2.62. The predicted molar refractivity (Wildman–Crippen MR) is 359 cm³/mol. The van der Waals surface area contributed by atoms with Crippen LogP contribution in [0.3, 0.4) is 0 Å². The SMILES string of the molecule is CC.c1ccc(-c2ccccc2-c2ccc3c(c2)B2c4c(cc(-c5cccc(S(c6ccccc6)(c6ccccc6)c6ccccc6)c5)cc4-n4c5ccccc5c5cc(-c6ccccc6-c6ccccc6)cc2c54)N3c2ccccc2)cc1. The maximum Gasteiger partial charge on any atom is 0.252 e. The first-order chi connectivity index (χ1) is 41.7.